The largest absolute Gasteiger partial charge is 0.418 e. The smallest absolute Gasteiger partial charge is 0.320 e. The second-order valence-electron chi connectivity index (χ2n) is 4.85. The molecule has 0 aliphatic carbocycles. The second kappa shape index (κ2) is 6.15. The van der Waals surface area contributed by atoms with Crippen LogP contribution in [0.15, 0.2) is 61.1 Å². The summed E-state index contributed by atoms with van der Waals surface area (Å²) in [5.74, 6) is -0.715. The van der Waals surface area contributed by atoms with E-state index in [0.717, 1.165) is 6.07 Å². The summed E-state index contributed by atoms with van der Waals surface area (Å²) in [6.45, 7) is 0. The highest BCUT2D eigenvalue weighted by molar-refractivity contribution is 6.03. The molecule has 0 unspecified atom stereocenters. The van der Waals surface area contributed by atoms with Gasteiger partial charge >= 0.3 is 6.18 Å². The molecule has 2 aromatic heterocycles. The van der Waals surface area contributed by atoms with Crippen LogP contribution < -0.4 is 5.32 Å². The summed E-state index contributed by atoms with van der Waals surface area (Å²) in [5.41, 5.74) is -1.03. The Labute approximate surface area is 134 Å². The van der Waals surface area contributed by atoms with Crippen LogP contribution >= 0.6 is 0 Å². The molecule has 0 saturated heterocycles. The molecule has 0 aliphatic rings. The van der Waals surface area contributed by atoms with Gasteiger partial charge in [-0.3, -0.25) is 9.78 Å². The van der Waals surface area contributed by atoms with E-state index in [1.54, 1.807) is 18.2 Å². The lowest BCUT2D eigenvalue weighted by molar-refractivity contribution is -0.136. The van der Waals surface area contributed by atoms with Gasteiger partial charge in [0.1, 0.15) is 5.69 Å². The van der Waals surface area contributed by atoms with Crippen LogP contribution in [0.25, 0.3) is 5.69 Å². The van der Waals surface area contributed by atoms with Crippen molar-refractivity contribution < 1.29 is 18.0 Å². The minimum absolute atomic E-state index is 0.0294. The molecule has 5 nitrogen and oxygen atoms in total. The van der Waals surface area contributed by atoms with Crippen LogP contribution in [0.5, 0.6) is 0 Å². The van der Waals surface area contributed by atoms with Crippen molar-refractivity contribution >= 4 is 11.6 Å². The van der Waals surface area contributed by atoms with E-state index in [0.29, 0.717) is 0 Å². The van der Waals surface area contributed by atoms with Gasteiger partial charge in [0.15, 0.2) is 0 Å². The van der Waals surface area contributed by atoms with Crippen LogP contribution in [-0.4, -0.2) is 20.7 Å². The van der Waals surface area contributed by atoms with Crippen LogP contribution in [0.4, 0.5) is 18.9 Å². The fourth-order valence-corrected chi connectivity index (χ4v) is 2.12. The molecule has 0 atom stereocenters. The molecule has 0 aliphatic heterocycles. The molecule has 3 aromatic rings. The van der Waals surface area contributed by atoms with Gasteiger partial charge < -0.3 is 5.32 Å². The Morgan fingerprint density at radius 1 is 1.08 bits per heavy atom. The van der Waals surface area contributed by atoms with E-state index < -0.39 is 17.6 Å². The van der Waals surface area contributed by atoms with Crippen molar-refractivity contribution in [3.8, 4) is 5.69 Å². The highest BCUT2D eigenvalue weighted by Gasteiger charge is 2.34. The number of alkyl halides is 3. The number of carbonyl (C=O) groups excluding carboxylic acids is 1. The maximum absolute atomic E-state index is 13.3. The van der Waals surface area contributed by atoms with Crippen molar-refractivity contribution in [1.82, 2.24) is 14.8 Å². The first-order valence-corrected chi connectivity index (χ1v) is 6.89. The summed E-state index contributed by atoms with van der Waals surface area (Å²) < 4.78 is 41.3. The average molecular weight is 332 g/mol. The summed E-state index contributed by atoms with van der Waals surface area (Å²) in [5, 5.41) is 6.15. The van der Waals surface area contributed by atoms with Crippen molar-refractivity contribution in [2.24, 2.45) is 0 Å². The SMILES string of the molecule is O=C(Nc1ccc(-n2cccn2)cc1C(F)(F)F)c1ccccn1. The molecule has 24 heavy (non-hydrogen) atoms. The Bertz CT molecular complexity index is 846. The standard InChI is InChI=1S/C16H11F3N4O/c17-16(18,19)12-10-11(23-9-3-8-21-23)5-6-13(12)22-15(24)14-4-1-2-7-20-14/h1-10H,(H,22,24). The van der Waals surface area contributed by atoms with Crippen molar-refractivity contribution in [3.05, 3.63) is 72.3 Å². The quantitative estimate of drug-likeness (QED) is 0.798. The van der Waals surface area contributed by atoms with E-state index in [2.05, 4.69) is 15.4 Å². The lowest BCUT2D eigenvalue weighted by Gasteiger charge is -2.15. The second-order valence-corrected chi connectivity index (χ2v) is 4.85. The number of anilines is 1. The number of carbonyl (C=O) groups is 1. The lowest BCUT2D eigenvalue weighted by Crippen LogP contribution is -2.18. The molecule has 3 rings (SSSR count). The van der Waals surface area contributed by atoms with Gasteiger partial charge in [-0.25, -0.2) is 4.68 Å². The molecule has 0 bridgehead atoms. The third-order valence-corrected chi connectivity index (χ3v) is 3.22. The predicted molar refractivity (Wildman–Crippen MR) is 80.8 cm³/mol. The fourth-order valence-electron chi connectivity index (χ4n) is 2.12. The molecule has 0 radical (unpaired) electrons. The average Bonchev–Trinajstić information content (AvgIpc) is 3.09. The Kier molecular flexibility index (Phi) is 4.03. The van der Waals surface area contributed by atoms with Crippen LogP contribution in [-0.2, 0) is 6.18 Å². The third kappa shape index (κ3) is 3.27. The number of nitrogens with one attached hydrogen (secondary N) is 1. The summed E-state index contributed by atoms with van der Waals surface area (Å²) in [7, 11) is 0. The maximum Gasteiger partial charge on any atom is 0.418 e. The minimum atomic E-state index is -4.63. The molecule has 2 heterocycles. The van der Waals surface area contributed by atoms with Gasteiger partial charge in [0.2, 0.25) is 0 Å². The number of amides is 1. The molecule has 1 aromatic carbocycles. The molecular formula is C16H11F3N4O. The van der Waals surface area contributed by atoms with E-state index in [1.165, 1.54) is 41.5 Å². The van der Waals surface area contributed by atoms with E-state index >= 15 is 0 Å². The third-order valence-electron chi connectivity index (χ3n) is 3.22. The number of aromatic nitrogens is 3. The monoisotopic (exact) mass is 332 g/mol. The lowest BCUT2D eigenvalue weighted by atomic mass is 10.1. The molecule has 1 N–H and O–H groups in total. The van der Waals surface area contributed by atoms with E-state index in [4.69, 9.17) is 0 Å². The van der Waals surface area contributed by atoms with Crippen LogP contribution in [0.1, 0.15) is 16.1 Å². The number of benzene rings is 1. The van der Waals surface area contributed by atoms with Crippen molar-refractivity contribution in [2.45, 2.75) is 6.18 Å². The molecular weight excluding hydrogens is 321 g/mol. The fraction of sp³-hybridized carbons (Fsp3) is 0.0625. The first-order valence-electron chi connectivity index (χ1n) is 6.89. The number of hydrogen-bond donors (Lipinski definition) is 1. The first kappa shape index (κ1) is 15.7. The van der Waals surface area contributed by atoms with Gasteiger partial charge in [0.05, 0.1) is 16.9 Å². The summed E-state index contributed by atoms with van der Waals surface area (Å²) in [6, 6.07) is 9.77. The zero-order chi connectivity index (χ0) is 17.2. The minimum Gasteiger partial charge on any atom is -0.320 e. The number of pyridine rings is 1. The van der Waals surface area contributed by atoms with Crippen LogP contribution in [0.3, 0.4) is 0 Å². The number of hydrogen-bond acceptors (Lipinski definition) is 3. The highest BCUT2D eigenvalue weighted by atomic mass is 19.4. The predicted octanol–water partition coefficient (Wildman–Crippen LogP) is 3.54. The zero-order valence-electron chi connectivity index (χ0n) is 12.2. The molecule has 122 valence electrons. The van der Waals surface area contributed by atoms with E-state index in [1.807, 2.05) is 0 Å². The van der Waals surface area contributed by atoms with Gasteiger partial charge in [-0.05, 0) is 36.4 Å². The summed E-state index contributed by atoms with van der Waals surface area (Å²) >= 11 is 0. The number of halogens is 3. The normalized spacial score (nSPS) is 11.3. The Balaban J connectivity index is 1.97. The number of rotatable bonds is 3. The molecule has 0 saturated carbocycles. The topological polar surface area (TPSA) is 59.8 Å². The van der Waals surface area contributed by atoms with Crippen molar-refractivity contribution in [1.29, 1.82) is 0 Å². The van der Waals surface area contributed by atoms with Gasteiger partial charge in [-0.15, -0.1) is 0 Å². The van der Waals surface area contributed by atoms with Crippen LogP contribution in [0, 0.1) is 0 Å². The molecule has 8 heteroatoms. The van der Waals surface area contributed by atoms with Crippen molar-refractivity contribution in [3.63, 3.8) is 0 Å². The van der Waals surface area contributed by atoms with Crippen molar-refractivity contribution in [2.75, 3.05) is 5.32 Å². The number of nitrogens with zero attached hydrogens (tertiary/aromatic N) is 3. The Morgan fingerprint density at radius 2 is 1.92 bits per heavy atom. The molecule has 0 fully saturated rings. The summed E-state index contributed by atoms with van der Waals surface area (Å²) in [4.78, 5) is 15.9. The maximum atomic E-state index is 13.3. The van der Waals surface area contributed by atoms with E-state index in [-0.39, 0.29) is 17.1 Å². The van der Waals surface area contributed by atoms with Gasteiger partial charge in [-0.2, -0.15) is 18.3 Å². The Hall–Kier alpha value is -3.16. The Morgan fingerprint density at radius 3 is 2.54 bits per heavy atom. The highest BCUT2D eigenvalue weighted by Crippen LogP contribution is 2.36. The first-order chi connectivity index (χ1) is 11.4. The summed E-state index contributed by atoms with van der Waals surface area (Å²) in [6.07, 6.45) is -0.248. The zero-order valence-corrected chi connectivity index (χ0v) is 12.2. The van der Waals surface area contributed by atoms with Crippen LogP contribution in [0.2, 0.25) is 0 Å². The molecule has 1 amide bonds. The van der Waals surface area contributed by atoms with Gasteiger partial charge in [0, 0.05) is 18.6 Å². The van der Waals surface area contributed by atoms with Gasteiger partial charge in [0.25, 0.3) is 5.91 Å². The van der Waals surface area contributed by atoms with Gasteiger partial charge in [-0.1, -0.05) is 6.07 Å². The molecule has 0 spiro atoms. The van der Waals surface area contributed by atoms with E-state index in [9.17, 15) is 18.0 Å².